The van der Waals surface area contributed by atoms with Crippen molar-refractivity contribution in [3.05, 3.63) is 90.0 Å². The summed E-state index contributed by atoms with van der Waals surface area (Å²) in [5.41, 5.74) is 5.74. The van der Waals surface area contributed by atoms with Crippen molar-refractivity contribution in [2.24, 2.45) is 5.92 Å². The molecule has 0 aliphatic carbocycles. The van der Waals surface area contributed by atoms with Crippen LogP contribution in [0.2, 0.25) is 0 Å². The Kier molecular flexibility index (Phi) is 6.06. The minimum Gasteiger partial charge on any atom is -0.325 e. The van der Waals surface area contributed by atoms with E-state index in [1.807, 2.05) is 36.4 Å². The number of carbonyl (C=O) groups excluding carboxylic acids is 1. The first-order chi connectivity index (χ1) is 14.2. The van der Waals surface area contributed by atoms with Crippen LogP contribution in [0, 0.1) is 12.8 Å². The third kappa shape index (κ3) is 4.93. The topological polar surface area (TPSA) is 32.3 Å². The molecule has 0 saturated carbocycles. The third-order valence-corrected chi connectivity index (χ3v) is 5.72. The van der Waals surface area contributed by atoms with E-state index in [1.165, 1.54) is 11.1 Å². The van der Waals surface area contributed by atoms with E-state index >= 15 is 0 Å². The minimum atomic E-state index is 0.0765. The zero-order valence-corrected chi connectivity index (χ0v) is 17.0. The predicted molar refractivity (Wildman–Crippen MR) is 120 cm³/mol. The van der Waals surface area contributed by atoms with Crippen LogP contribution in [0.4, 0.5) is 5.69 Å². The number of carbonyl (C=O) groups is 1. The molecule has 1 aliphatic heterocycles. The van der Waals surface area contributed by atoms with Gasteiger partial charge in [-0.05, 0) is 50.0 Å². The van der Waals surface area contributed by atoms with Crippen molar-refractivity contribution in [1.82, 2.24) is 4.90 Å². The van der Waals surface area contributed by atoms with Crippen LogP contribution < -0.4 is 5.32 Å². The molecule has 1 N–H and O–H groups in total. The maximum Gasteiger partial charge on any atom is 0.227 e. The van der Waals surface area contributed by atoms with Crippen molar-refractivity contribution in [1.29, 1.82) is 0 Å². The first-order valence-corrected chi connectivity index (χ1v) is 10.4. The Morgan fingerprint density at radius 1 is 0.931 bits per heavy atom. The second-order valence-corrected chi connectivity index (χ2v) is 7.94. The largest absolute Gasteiger partial charge is 0.325 e. The highest BCUT2D eigenvalue weighted by Gasteiger charge is 2.25. The molecule has 0 unspecified atom stereocenters. The summed E-state index contributed by atoms with van der Waals surface area (Å²) >= 11 is 0. The molecule has 29 heavy (non-hydrogen) atoms. The zero-order chi connectivity index (χ0) is 20.1. The van der Waals surface area contributed by atoms with E-state index in [-0.39, 0.29) is 11.8 Å². The van der Waals surface area contributed by atoms with Crippen molar-refractivity contribution in [2.75, 3.05) is 18.4 Å². The SMILES string of the molecule is Cc1cccc(CN2CCC(C(=O)Nc3ccccc3-c3ccccc3)CC2)c1. The fraction of sp³-hybridized carbons (Fsp3) is 0.269. The number of piperidine rings is 1. The number of anilines is 1. The molecule has 3 aromatic rings. The highest BCUT2D eigenvalue weighted by atomic mass is 16.1. The van der Waals surface area contributed by atoms with E-state index in [9.17, 15) is 4.79 Å². The van der Waals surface area contributed by atoms with E-state index in [2.05, 4.69) is 59.6 Å². The van der Waals surface area contributed by atoms with Gasteiger partial charge in [0.2, 0.25) is 5.91 Å². The number of hydrogen-bond donors (Lipinski definition) is 1. The minimum absolute atomic E-state index is 0.0765. The third-order valence-electron chi connectivity index (χ3n) is 5.72. The molecule has 0 aromatic heterocycles. The molecular formula is C26H28N2O. The van der Waals surface area contributed by atoms with Crippen LogP contribution in [0.3, 0.4) is 0 Å². The fourth-order valence-electron chi connectivity index (χ4n) is 4.12. The lowest BCUT2D eigenvalue weighted by molar-refractivity contribution is -0.121. The molecular weight excluding hydrogens is 356 g/mol. The highest BCUT2D eigenvalue weighted by Crippen LogP contribution is 2.29. The summed E-state index contributed by atoms with van der Waals surface area (Å²) in [6, 6.07) is 27.0. The number of aryl methyl sites for hydroxylation is 1. The molecule has 1 amide bonds. The molecule has 1 aliphatic rings. The van der Waals surface area contributed by atoms with Crippen LogP contribution in [0.5, 0.6) is 0 Å². The predicted octanol–water partition coefficient (Wildman–Crippen LogP) is 5.51. The lowest BCUT2D eigenvalue weighted by atomic mass is 9.95. The van der Waals surface area contributed by atoms with E-state index in [0.29, 0.717) is 0 Å². The van der Waals surface area contributed by atoms with Gasteiger partial charge in [-0.25, -0.2) is 0 Å². The first-order valence-electron chi connectivity index (χ1n) is 10.4. The van der Waals surface area contributed by atoms with Crippen molar-refractivity contribution < 1.29 is 4.79 Å². The number of amides is 1. The van der Waals surface area contributed by atoms with Crippen molar-refractivity contribution in [2.45, 2.75) is 26.3 Å². The highest BCUT2D eigenvalue weighted by molar-refractivity contribution is 5.96. The molecule has 0 atom stereocenters. The zero-order valence-electron chi connectivity index (χ0n) is 17.0. The molecule has 0 bridgehead atoms. The summed E-state index contributed by atoms with van der Waals surface area (Å²) in [5.74, 6) is 0.219. The summed E-state index contributed by atoms with van der Waals surface area (Å²) in [5, 5.41) is 3.19. The lowest BCUT2D eigenvalue weighted by Crippen LogP contribution is -2.37. The standard InChI is InChI=1S/C26H28N2O/c1-20-8-7-9-21(18-20)19-28-16-14-23(15-17-28)26(29)27-25-13-6-5-12-24(25)22-10-3-2-4-11-22/h2-13,18,23H,14-17,19H2,1H3,(H,27,29). The van der Waals surface area contributed by atoms with E-state index in [1.54, 1.807) is 0 Å². The Bertz CT molecular complexity index is 959. The molecule has 1 fully saturated rings. The molecule has 1 heterocycles. The van der Waals surface area contributed by atoms with Gasteiger partial charge < -0.3 is 5.32 Å². The van der Waals surface area contributed by atoms with Crippen LogP contribution in [-0.4, -0.2) is 23.9 Å². The maximum atomic E-state index is 12.9. The van der Waals surface area contributed by atoms with Crippen LogP contribution in [0.1, 0.15) is 24.0 Å². The first kappa shape index (κ1) is 19.4. The Morgan fingerprint density at radius 2 is 1.66 bits per heavy atom. The van der Waals surface area contributed by atoms with Gasteiger partial charge in [0, 0.05) is 23.7 Å². The van der Waals surface area contributed by atoms with Gasteiger partial charge in [-0.1, -0.05) is 78.4 Å². The Morgan fingerprint density at radius 3 is 2.41 bits per heavy atom. The average Bonchev–Trinajstić information content (AvgIpc) is 2.75. The lowest BCUT2D eigenvalue weighted by Gasteiger charge is -2.31. The molecule has 1 saturated heterocycles. The molecule has 3 heteroatoms. The summed E-state index contributed by atoms with van der Waals surface area (Å²) < 4.78 is 0. The summed E-state index contributed by atoms with van der Waals surface area (Å²) in [6.45, 7) is 5.03. The molecule has 148 valence electrons. The average molecular weight is 385 g/mol. The Labute approximate surface area is 173 Å². The molecule has 3 nitrogen and oxygen atoms in total. The van der Waals surface area contributed by atoms with E-state index in [4.69, 9.17) is 0 Å². The van der Waals surface area contributed by atoms with Crippen LogP contribution in [0.25, 0.3) is 11.1 Å². The van der Waals surface area contributed by atoms with Crippen molar-refractivity contribution in [3.63, 3.8) is 0 Å². The van der Waals surface area contributed by atoms with Gasteiger partial charge in [0.15, 0.2) is 0 Å². The van der Waals surface area contributed by atoms with E-state index in [0.717, 1.165) is 49.3 Å². The normalized spacial score (nSPS) is 15.2. The molecule has 3 aromatic carbocycles. The number of nitrogens with zero attached hydrogens (tertiary/aromatic N) is 1. The monoisotopic (exact) mass is 384 g/mol. The second kappa shape index (κ2) is 9.06. The number of nitrogens with one attached hydrogen (secondary N) is 1. The number of para-hydroxylation sites is 1. The van der Waals surface area contributed by atoms with E-state index < -0.39 is 0 Å². The molecule has 4 rings (SSSR count). The Hall–Kier alpha value is -2.91. The molecule has 0 spiro atoms. The van der Waals surface area contributed by atoms with Gasteiger partial charge in [0.25, 0.3) is 0 Å². The quantitative estimate of drug-likeness (QED) is 0.629. The van der Waals surface area contributed by atoms with Gasteiger partial charge in [-0.2, -0.15) is 0 Å². The van der Waals surface area contributed by atoms with Crippen molar-refractivity contribution >= 4 is 11.6 Å². The smallest absolute Gasteiger partial charge is 0.227 e. The number of likely N-dealkylation sites (tertiary alicyclic amines) is 1. The fourth-order valence-corrected chi connectivity index (χ4v) is 4.12. The van der Waals surface area contributed by atoms with Crippen LogP contribution in [0.15, 0.2) is 78.9 Å². The number of benzene rings is 3. The van der Waals surface area contributed by atoms with Gasteiger partial charge in [-0.15, -0.1) is 0 Å². The summed E-state index contributed by atoms with van der Waals surface area (Å²) in [7, 11) is 0. The van der Waals surface area contributed by atoms with Gasteiger partial charge in [0.1, 0.15) is 0 Å². The summed E-state index contributed by atoms with van der Waals surface area (Å²) in [6.07, 6.45) is 1.82. The maximum absolute atomic E-state index is 12.9. The summed E-state index contributed by atoms with van der Waals surface area (Å²) in [4.78, 5) is 15.4. The number of rotatable bonds is 5. The van der Waals surface area contributed by atoms with Crippen LogP contribution >= 0.6 is 0 Å². The molecule has 0 radical (unpaired) electrons. The number of hydrogen-bond acceptors (Lipinski definition) is 2. The van der Waals surface area contributed by atoms with Crippen LogP contribution in [-0.2, 0) is 11.3 Å². The second-order valence-electron chi connectivity index (χ2n) is 7.94. The van der Waals surface area contributed by atoms with Gasteiger partial charge in [-0.3, -0.25) is 9.69 Å². The van der Waals surface area contributed by atoms with Gasteiger partial charge in [0.05, 0.1) is 0 Å². The Balaban J connectivity index is 1.36. The van der Waals surface area contributed by atoms with Gasteiger partial charge >= 0.3 is 0 Å². The van der Waals surface area contributed by atoms with Crippen molar-refractivity contribution in [3.8, 4) is 11.1 Å².